The van der Waals surface area contributed by atoms with Crippen molar-refractivity contribution in [3.8, 4) is 0 Å². The zero-order valence-corrected chi connectivity index (χ0v) is 11.7. The van der Waals surface area contributed by atoms with Crippen LogP contribution in [0.4, 0.5) is 11.4 Å². The number of rotatable bonds is 7. The second-order valence-electron chi connectivity index (χ2n) is 4.28. The molecule has 0 heterocycles. The topological polar surface area (TPSA) is 61.8 Å². The second-order valence-corrected chi connectivity index (χ2v) is 4.28. The molecule has 0 aliphatic heterocycles. The molecule has 1 atom stereocenters. The fraction of sp³-hybridized carbons (Fsp3) is 0.500. The normalized spacial score (nSPS) is 12.0. The number of aliphatic hydroxyl groups excluding tert-OH is 1. The first-order chi connectivity index (χ1) is 9.08. The van der Waals surface area contributed by atoms with E-state index in [1.807, 2.05) is 43.1 Å². The number of hydrogen-bond donors (Lipinski definition) is 2. The molecule has 2 N–H and O–H groups in total. The Balaban J connectivity index is 2.59. The van der Waals surface area contributed by atoms with Crippen molar-refractivity contribution < 1.29 is 14.6 Å². The van der Waals surface area contributed by atoms with Crippen LogP contribution in [0.15, 0.2) is 24.3 Å². The maximum absolute atomic E-state index is 11.7. The van der Waals surface area contributed by atoms with Crippen molar-refractivity contribution >= 4 is 17.3 Å². The summed E-state index contributed by atoms with van der Waals surface area (Å²) in [5, 5.41) is 11.7. The van der Waals surface area contributed by atoms with E-state index in [0.717, 1.165) is 11.4 Å². The van der Waals surface area contributed by atoms with E-state index in [1.165, 1.54) is 0 Å². The van der Waals surface area contributed by atoms with Crippen LogP contribution >= 0.6 is 0 Å². The van der Waals surface area contributed by atoms with Gasteiger partial charge in [-0.3, -0.25) is 4.79 Å². The number of nitrogens with zero attached hydrogens (tertiary/aromatic N) is 1. The molecule has 0 bridgehead atoms. The van der Waals surface area contributed by atoms with Crippen molar-refractivity contribution in [2.45, 2.75) is 20.0 Å². The van der Waals surface area contributed by atoms with Crippen LogP contribution in [-0.2, 0) is 9.53 Å². The molecule has 0 spiro atoms. The Morgan fingerprint density at radius 1 is 1.42 bits per heavy atom. The summed E-state index contributed by atoms with van der Waals surface area (Å²) in [5.41, 5.74) is 1.72. The third-order valence-corrected chi connectivity index (χ3v) is 2.80. The molecule has 0 aliphatic carbocycles. The van der Waals surface area contributed by atoms with Crippen molar-refractivity contribution in [3.63, 3.8) is 0 Å². The van der Waals surface area contributed by atoms with E-state index in [9.17, 15) is 4.79 Å². The summed E-state index contributed by atoms with van der Waals surface area (Å²) in [6.45, 7) is 4.78. The molecular weight excluding hydrogens is 244 g/mol. The summed E-state index contributed by atoms with van der Waals surface area (Å²) in [7, 11) is 1.90. The summed E-state index contributed by atoms with van der Waals surface area (Å²) in [4.78, 5) is 13.7. The van der Waals surface area contributed by atoms with Crippen molar-refractivity contribution in [2.24, 2.45) is 0 Å². The monoisotopic (exact) mass is 266 g/mol. The van der Waals surface area contributed by atoms with Crippen LogP contribution in [0.5, 0.6) is 0 Å². The van der Waals surface area contributed by atoms with E-state index in [0.29, 0.717) is 13.2 Å². The highest BCUT2D eigenvalue weighted by atomic mass is 16.5. The number of carbonyl (C=O) groups excluding carboxylic acids is 1. The Morgan fingerprint density at radius 3 is 2.58 bits per heavy atom. The lowest BCUT2D eigenvalue weighted by molar-refractivity contribution is -0.126. The fourth-order valence-corrected chi connectivity index (χ4v) is 1.65. The van der Waals surface area contributed by atoms with E-state index >= 15 is 0 Å². The maximum atomic E-state index is 11.7. The summed E-state index contributed by atoms with van der Waals surface area (Å²) in [5.74, 6) is -0.154. The molecule has 1 aromatic carbocycles. The van der Waals surface area contributed by atoms with E-state index < -0.39 is 6.10 Å². The van der Waals surface area contributed by atoms with E-state index in [2.05, 4.69) is 5.32 Å². The number of nitrogens with one attached hydrogen (secondary N) is 1. The molecule has 5 heteroatoms. The predicted octanol–water partition coefficient (Wildman–Crippen LogP) is 1.48. The Kier molecular flexibility index (Phi) is 6.32. The first-order valence-corrected chi connectivity index (χ1v) is 6.43. The number of anilines is 2. The van der Waals surface area contributed by atoms with Gasteiger partial charge in [0.1, 0.15) is 6.10 Å². The van der Waals surface area contributed by atoms with Gasteiger partial charge in [0.15, 0.2) is 0 Å². The number of likely N-dealkylation sites (N-methyl/N-ethyl adjacent to an activating group) is 1. The van der Waals surface area contributed by atoms with E-state index in [1.54, 1.807) is 6.92 Å². The molecule has 0 aromatic heterocycles. The first-order valence-electron chi connectivity index (χ1n) is 6.43. The minimum absolute atomic E-state index is 0.112. The molecule has 1 amide bonds. The number of hydrogen-bond acceptors (Lipinski definition) is 4. The molecule has 0 saturated carbocycles. The molecule has 106 valence electrons. The minimum Gasteiger partial charge on any atom is -0.395 e. The average molecular weight is 266 g/mol. The summed E-state index contributed by atoms with van der Waals surface area (Å²) in [6, 6.07) is 7.47. The largest absolute Gasteiger partial charge is 0.395 e. The van der Waals surface area contributed by atoms with Gasteiger partial charge < -0.3 is 20.1 Å². The number of benzene rings is 1. The minimum atomic E-state index is -0.457. The standard InChI is InChI=1S/C14H22N2O3/c1-4-19-11(2)14(18)15-12-5-7-13(8-6-12)16(3)9-10-17/h5-8,11,17H,4,9-10H2,1-3H3,(H,15,18). The van der Waals surface area contributed by atoms with Gasteiger partial charge in [-0.05, 0) is 38.1 Å². The van der Waals surface area contributed by atoms with Crippen LogP contribution in [-0.4, -0.2) is 43.9 Å². The van der Waals surface area contributed by atoms with Gasteiger partial charge in [0, 0.05) is 31.6 Å². The van der Waals surface area contributed by atoms with Gasteiger partial charge in [-0.1, -0.05) is 0 Å². The molecule has 5 nitrogen and oxygen atoms in total. The summed E-state index contributed by atoms with van der Waals surface area (Å²) in [6.07, 6.45) is -0.457. The number of aliphatic hydroxyl groups is 1. The van der Waals surface area contributed by atoms with Crippen LogP contribution in [0.2, 0.25) is 0 Å². The molecular formula is C14H22N2O3. The van der Waals surface area contributed by atoms with Crippen LogP contribution in [0.25, 0.3) is 0 Å². The molecule has 19 heavy (non-hydrogen) atoms. The number of carbonyl (C=O) groups is 1. The third-order valence-electron chi connectivity index (χ3n) is 2.80. The zero-order valence-electron chi connectivity index (χ0n) is 11.7. The van der Waals surface area contributed by atoms with Crippen molar-refractivity contribution in [2.75, 3.05) is 37.0 Å². The lowest BCUT2D eigenvalue weighted by Gasteiger charge is -2.18. The predicted molar refractivity (Wildman–Crippen MR) is 76.5 cm³/mol. The van der Waals surface area contributed by atoms with Gasteiger partial charge in [-0.25, -0.2) is 0 Å². The van der Waals surface area contributed by atoms with Gasteiger partial charge in [0.25, 0.3) is 5.91 Å². The average Bonchev–Trinajstić information content (AvgIpc) is 2.40. The van der Waals surface area contributed by atoms with Crippen molar-refractivity contribution in [1.82, 2.24) is 0 Å². The fourth-order valence-electron chi connectivity index (χ4n) is 1.65. The van der Waals surface area contributed by atoms with E-state index in [4.69, 9.17) is 9.84 Å². The SMILES string of the molecule is CCOC(C)C(=O)Nc1ccc(N(C)CCO)cc1. The third kappa shape index (κ3) is 4.89. The van der Waals surface area contributed by atoms with Crippen LogP contribution in [0.3, 0.4) is 0 Å². The van der Waals surface area contributed by atoms with Gasteiger partial charge in [0.2, 0.25) is 0 Å². The van der Waals surface area contributed by atoms with Crippen LogP contribution in [0, 0.1) is 0 Å². The summed E-state index contributed by atoms with van der Waals surface area (Å²) < 4.78 is 5.22. The summed E-state index contributed by atoms with van der Waals surface area (Å²) >= 11 is 0. The van der Waals surface area contributed by atoms with Crippen molar-refractivity contribution in [3.05, 3.63) is 24.3 Å². The molecule has 0 aliphatic rings. The quantitative estimate of drug-likeness (QED) is 0.784. The molecule has 1 aromatic rings. The molecule has 1 rings (SSSR count). The van der Waals surface area contributed by atoms with Gasteiger partial charge in [0.05, 0.1) is 6.61 Å². The number of amides is 1. The Bertz CT molecular complexity index is 392. The lowest BCUT2D eigenvalue weighted by Crippen LogP contribution is -2.27. The van der Waals surface area contributed by atoms with Crippen LogP contribution in [0.1, 0.15) is 13.8 Å². The highest BCUT2D eigenvalue weighted by Gasteiger charge is 2.12. The second kappa shape index (κ2) is 7.76. The highest BCUT2D eigenvalue weighted by molar-refractivity contribution is 5.94. The van der Waals surface area contributed by atoms with E-state index in [-0.39, 0.29) is 12.5 Å². The lowest BCUT2D eigenvalue weighted by atomic mass is 10.2. The highest BCUT2D eigenvalue weighted by Crippen LogP contribution is 2.16. The Morgan fingerprint density at radius 2 is 2.05 bits per heavy atom. The van der Waals surface area contributed by atoms with Gasteiger partial charge in [-0.15, -0.1) is 0 Å². The molecule has 0 fully saturated rings. The van der Waals surface area contributed by atoms with Gasteiger partial charge in [-0.2, -0.15) is 0 Å². The Hall–Kier alpha value is -1.59. The smallest absolute Gasteiger partial charge is 0.253 e. The molecule has 0 radical (unpaired) electrons. The number of ether oxygens (including phenoxy) is 1. The maximum Gasteiger partial charge on any atom is 0.253 e. The first kappa shape index (κ1) is 15.5. The zero-order chi connectivity index (χ0) is 14.3. The molecule has 1 unspecified atom stereocenters. The van der Waals surface area contributed by atoms with Gasteiger partial charge >= 0.3 is 0 Å². The Labute approximate surface area is 114 Å². The molecule has 0 saturated heterocycles. The van der Waals surface area contributed by atoms with Crippen molar-refractivity contribution in [1.29, 1.82) is 0 Å². The van der Waals surface area contributed by atoms with Crippen LogP contribution < -0.4 is 10.2 Å².